The third kappa shape index (κ3) is 9.36. The van der Waals surface area contributed by atoms with Gasteiger partial charge in [-0.15, -0.1) is 10.3 Å². The van der Waals surface area contributed by atoms with Crippen LogP contribution in [0.2, 0.25) is 0 Å². The molecule has 0 saturated carbocycles. The van der Waals surface area contributed by atoms with Crippen molar-refractivity contribution in [2.45, 2.75) is 122 Å². The minimum atomic E-state index is -0.698. The topological polar surface area (TPSA) is 67.9 Å². The van der Waals surface area contributed by atoms with Crippen molar-refractivity contribution in [2.24, 2.45) is 0 Å². The largest absolute Gasteiger partial charge is 0.494 e. The van der Waals surface area contributed by atoms with E-state index in [9.17, 15) is 10.0 Å². The smallest absolute Gasteiger partial charge is 0.343 e. The van der Waals surface area contributed by atoms with Crippen LogP contribution in [0.15, 0.2) is 72.8 Å². The van der Waals surface area contributed by atoms with E-state index in [1.165, 1.54) is 62.9 Å². The quantitative estimate of drug-likeness (QED) is 0.0750. The molecule has 0 aromatic heterocycles. The first-order valence-electron chi connectivity index (χ1n) is 17.6. The van der Waals surface area contributed by atoms with Gasteiger partial charge in [-0.25, -0.2) is 4.79 Å². The average Bonchev–Trinajstić information content (AvgIpc) is 3.32. The van der Waals surface area contributed by atoms with E-state index >= 15 is 0 Å². The molecule has 3 aromatic rings. The van der Waals surface area contributed by atoms with Crippen LogP contribution in [-0.2, 0) is 16.3 Å². The van der Waals surface area contributed by atoms with Crippen LogP contribution in [0.1, 0.15) is 133 Å². The average molecular weight is 629 g/mol. The Bertz CT molecular complexity index is 1320. The van der Waals surface area contributed by atoms with Crippen LogP contribution in [0.3, 0.4) is 0 Å². The highest BCUT2D eigenvalue weighted by atomic mass is 16.5. The second-order valence-electron chi connectivity index (χ2n) is 13.2. The minimum Gasteiger partial charge on any atom is -0.494 e. The number of ether oxygens (including phenoxy) is 3. The van der Waals surface area contributed by atoms with E-state index in [2.05, 4.69) is 13.8 Å². The number of esters is 1. The maximum atomic E-state index is 13.9. The lowest BCUT2D eigenvalue weighted by atomic mass is 9.89. The second kappa shape index (κ2) is 17.5. The molecule has 1 fully saturated rings. The highest BCUT2D eigenvalue weighted by Crippen LogP contribution is 2.51. The van der Waals surface area contributed by atoms with Gasteiger partial charge in [0.1, 0.15) is 17.2 Å². The Morgan fingerprint density at radius 1 is 0.587 bits per heavy atom. The summed E-state index contributed by atoms with van der Waals surface area (Å²) in [4.78, 5) is 12.8. The Hall–Kier alpha value is -3.35. The molecule has 0 amide bonds. The summed E-state index contributed by atoms with van der Waals surface area (Å²) in [6.45, 7) is 9.87. The van der Waals surface area contributed by atoms with Gasteiger partial charge in [0, 0.05) is 0 Å². The summed E-state index contributed by atoms with van der Waals surface area (Å²) >= 11 is 0. The zero-order valence-electron chi connectivity index (χ0n) is 28.5. The zero-order chi connectivity index (χ0) is 32.8. The van der Waals surface area contributed by atoms with E-state index in [1.54, 1.807) is 24.3 Å². The maximum absolute atomic E-state index is 13.9. The van der Waals surface area contributed by atoms with Crippen molar-refractivity contribution in [1.29, 1.82) is 0 Å². The van der Waals surface area contributed by atoms with Gasteiger partial charge >= 0.3 is 5.97 Å². The molecule has 3 aromatic carbocycles. The number of unbranched alkanes of at least 4 members (excludes halogenated alkanes) is 9. The van der Waals surface area contributed by atoms with Gasteiger partial charge in [0.05, 0.1) is 29.9 Å². The second-order valence-corrected chi connectivity index (χ2v) is 13.2. The summed E-state index contributed by atoms with van der Waals surface area (Å²) in [6.07, 6.45) is 14.8. The van der Waals surface area contributed by atoms with Gasteiger partial charge in [0.25, 0.3) is 0 Å². The van der Waals surface area contributed by atoms with Crippen molar-refractivity contribution < 1.29 is 24.2 Å². The first-order valence-corrected chi connectivity index (χ1v) is 17.6. The third-order valence-corrected chi connectivity index (χ3v) is 9.53. The van der Waals surface area contributed by atoms with Gasteiger partial charge in [-0.2, -0.15) is 0 Å². The molecular weight excluding hydrogens is 574 g/mol. The molecule has 0 aliphatic carbocycles. The van der Waals surface area contributed by atoms with Crippen LogP contribution >= 0.6 is 0 Å². The molecule has 249 valence electrons. The predicted molar refractivity (Wildman–Crippen MR) is 184 cm³/mol. The number of nitrogens with zero attached hydrogens (tertiary/aromatic N) is 1. The summed E-state index contributed by atoms with van der Waals surface area (Å²) in [6, 6.07) is 22.5. The fraction of sp³-hybridized carbons (Fsp3) is 0.525. The number of hydroxylamine groups is 2. The van der Waals surface area contributed by atoms with Crippen LogP contribution in [0.4, 0.5) is 0 Å². The van der Waals surface area contributed by atoms with Gasteiger partial charge in [-0.05, 0) is 99.2 Å². The Kier molecular flexibility index (Phi) is 13.5. The van der Waals surface area contributed by atoms with E-state index in [1.807, 2.05) is 62.4 Å². The summed E-state index contributed by atoms with van der Waals surface area (Å²) in [5, 5.41) is 15.2. The number of carbonyl (C=O) groups excluding carboxylic acids is 1. The lowest BCUT2D eigenvalue weighted by Crippen LogP contribution is -2.44. The molecule has 1 aliphatic rings. The van der Waals surface area contributed by atoms with Gasteiger partial charge in [-0.3, -0.25) is 0 Å². The number of benzene rings is 3. The van der Waals surface area contributed by atoms with Gasteiger partial charge in [0.15, 0.2) is 0 Å². The van der Waals surface area contributed by atoms with E-state index in [4.69, 9.17) is 14.2 Å². The van der Waals surface area contributed by atoms with Crippen LogP contribution in [0.5, 0.6) is 17.2 Å². The summed E-state index contributed by atoms with van der Waals surface area (Å²) in [5.74, 6) is 1.62. The van der Waals surface area contributed by atoms with Crippen molar-refractivity contribution in [2.75, 3.05) is 13.2 Å². The first kappa shape index (κ1) is 35.5. The number of hydrogen-bond donors (Lipinski definition) is 0. The molecule has 0 N–H and O–H groups in total. The lowest BCUT2D eigenvalue weighted by Gasteiger charge is -2.37. The molecule has 4 rings (SSSR count). The third-order valence-electron chi connectivity index (χ3n) is 9.53. The lowest BCUT2D eigenvalue weighted by molar-refractivity contribution is -0.260. The fourth-order valence-electron chi connectivity index (χ4n) is 6.37. The Balaban J connectivity index is 1.28. The minimum absolute atomic E-state index is 0.427. The number of carbonyl (C=O) groups is 1. The Morgan fingerprint density at radius 3 is 1.43 bits per heavy atom. The van der Waals surface area contributed by atoms with Crippen molar-refractivity contribution in [3.05, 3.63) is 89.5 Å². The molecule has 0 unspecified atom stereocenters. The van der Waals surface area contributed by atoms with Crippen LogP contribution in [0, 0.1) is 0 Å². The number of hydrogen-bond acceptors (Lipinski definition) is 5. The van der Waals surface area contributed by atoms with E-state index in [0.29, 0.717) is 17.9 Å². The highest BCUT2D eigenvalue weighted by Gasteiger charge is 2.52. The van der Waals surface area contributed by atoms with Crippen molar-refractivity contribution >= 4 is 5.97 Å². The van der Waals surface area contributed by atoms with Gasteiger partial charge < -0.3 is 14.2 Å². The molecule has 0 spiro atoms. The van der Waals surface area contributed by atoms with Crippen molar-refractivity contribution in [1.82, 2.24) is 5.06 Å². The molecule has 6 nitrogen and oxygen atoms in total. The van der Waals surface area contributed by atoms with E-state index in [0.717, 1.165) is 54.9 Å². The van der Waals surface area contributed by atoms with E-state index < -0.39 is 17.0 Å². The summed E-state index contributed by atoms with van der Waals surface area (Å²) in [7, 11) is 0. The molecule has 1 radical (unpaired) electrons. The van der Waals surface area contributed by atoms with Crippen LogP contribution < -0.4 is 14.2 Å². The summed E-state index contributed by atoms with van der Waals surface area (Å²) in [5.41, 5.74) is 1.01. The van der Waals surface area contributed by atoms with Crippen LogP contribution in [0.25, 0.3) is 0 Å². The Labute approximate surface area is 277 Å². The van der Waals surface area contributed by atoms with E-state index in [-0.39, 0.29) is 0 Å². The molecular formula is C40H54NO5. The van der Waals surface area contributed by atoms with Crippen LogP contribution in [-0.4, -0.2) is 24.2 Å². The molecule has 6 heteroatoms. The fourth-order valence-corrected chi connectivity index (χ4v) is 6.37. The monoisotopic (exact) mass is 628 g/mol. The first-order chi connectivity index (χ1) is 22.3. The molecule has 1 aliphatic heterocycles. The molecule has 46 heavy (non-hydrogen) atoms. The SMILES string of the molecule is CCCCCCCCOc1ccc(C(=O)Oc2ccc([C@@]3(C)CC[C@](C)(c4ccc(OCCCCCCC)cc4)N3[O])cc2)cc1. The maximum Gasteiger partial charge on any atom is 0.343 e. The molecule has 1 heterocycles. The zero-order valence-corrected chi connectivity index (χ0v) is 28.5. The van der Waals surface area contributed by atoms with Crippen molar-refractivity contribution in [3.63, 3.8) is 0 Å². The molecule has 2 atom stereocenters. The molecule has 1 saturated heterocycles. The van der Waals surface area contributed by atoms with Crippen molar-refractivity contribution in [3.8, 4) is 17.2 Å². The highest BCUT2D eigenvalue weighted by molar-refractivity contribution is 5.91. The summed E-state index contributed by atoms with van der Waals surface area (Å²) < 4.78 is 17.4. The molecule has 0 bridgehead atoms. The number of rotatable bonds is 19. The Morgan fingerprint density at radius 2 is 0.978 bits per heavy atom. The normalized spacial score (nSPS) is 19.7. The predicted octanol–water partition coefficient (Wildman–Crippen LogP) is 10.6. The van der Waals surface area contributed by atoms with Gasteiger partial charge in [-0.1, -0.05) is 95.9 Å². The van der Waals surface area contributed by atoms with Gasteiger partial charge in [0.2, 0.25) is 0 Å². The standard InChI is InChI=1S/C40H54NO5/c1-5-7-9-11-13-15-31-44-35-22-16-32(17-23-35)38(42)46-37-26-20-34(21-27-37)40(4)29-28-39(3,41(40)43)33-18-24-36(25-19-33)45-30-14-12-10-8-6-2/h16-27H,5-15,28-31H2,1-4H3/t39-,40-/m1/s1.